The van der Waals surface area contributed by atoms with Crippen LogP contribution in [-0.4, -0.2) is 19.6 Å². The van der Waals surface area contributed by atoms with Gasteiger partial charge in [0.25, 0.3) is 0 Å². The molecule has 1 aliphatic rings. The summed E-state index contributed by atoms with van der Waals surface area (Å²) in [5.41, 5.74) is 6.75. The number of fused-ring (bicyclic) bond motifs is 1. The van der Waals surface area contributed by atoms with E-state index in [9.17, 15) is 8.78 Å². The van der Waals surface area contributed by atoms with Gasteiger partial charge in [0.15, 0.2) is 0 Å². The van der Waals surface area contributed by atoms with Gasteiger partial charge in [-0.05, 0) is 24.5 Å². The summed E-state index contributed by atoms with van der Waals surface area (Å²) in [7, 11) is 0. The highest BCUT2D eigenvalue weighted by Gasteiger charge is 2.20. The molecule has 0 atom stereocenters. The van der Waals surface area contributed by atoms with Crippen molar-refractivity contribution in [3.63, 3.8) is 0 Å². The smallest absolute Gasteiger partial charge is 0.149 e. The van der Waals surface area contributed by atoms with Crippen LogP contribution < -0.4 is 10.6 Å². The molecule has 0 radical (unpaired) electrons. The lowest BCUT2D eigenvalue weighted by atomic mass is 10.0. The number of aryl methyl sites for hydroxylation is 1. The van der Waals surface area contributed by atoms with Crippen LogP contribution in [0.1, 0.15) is 12.0 Å². The Hall–Kier alpha value is -1.16. The summed E-state index contributed by atoms with van der Waals surface area (Å²) in [4.78, 5) is 1.90. The molecule has 0 amide bonds. The Bertz CT molecular complexity index is 366. The number of rotatable bonds is 2. The van der Waals surface area contributed by atoms with E-state index in [2.05, 4.69) is 0 Å². The monoisotopic (exact) mass is 212 g/mol. The fourth-order valence-electron chi connectivity index (χ4n) is 2.12. The second-order valence-corrected chi connectivity index (χ2v) is 3.77. The molecule has 1 aliphatic heterocycles. The zero-order valence-corrected chi connectivity index (χ0v) is 8.47. The Morgan fingerprint density at radius 1 is 1.33 bits per heavy atom. The van der Waals surface area contributed by atoms with E-state index in [1.165, 1.54) is 6.07 Å². The summed E-state index contributed by atoms with van der Waals surface area (Å²) in [5, 5.41) is 0. The van der Waals surface area contributed by atoms with Crippen molar-refractivity contribution in [1.29, 1.82) is 0 Å². The molecular formula is C11H14F2N2. The predicted molar refractivity (Wildman–Crippen MR) is 55.9 cm³/mol. The van der Waals surface area contributed by atoms with Gasteiger partial charge in [-0.2, -0.15) is 0 Å². The summed E-state index contributed by atoms with van der Waals surface area (Å²) < 4.78 is 26.6. The molecule has 0 fully saturated rings. The molecular weight excluding hydrogens is 198 g/mol. The first-order valence-corrected chi connectivity index (χ1v) is 5.15. The molecule has 1 aromatic rings. The van der Waals surface area contributed by atoms with Gasteiger partial charge in [-0.1, -0.05) is 0 Å². The topological polar surface area (TPSA) is 29.3 Å². The molecule has 82 valence electrons. The van der Waals surface area contributed by atoms with Gasteiger partial charge in [-0.25, -0.2) is 8.78 Å². The normalized spacial score (nSPS) is 15.3. The molecule has 4 heteroatoms. The van der Waals surface area contributed by atoms with Crippen LogP contribution in [0, 0.1) is 11.6 Å². The zero-order valence-electron chi connectivity index (χ0n) is 8.47. The van der Waals surface area contributed by atoms with Gasteiger partial charge in [0.1, 0.15) is 11.6 Å². The Morgan fingerprint density at radius 2 is 2.13 bits per heavy atom. The molecule has 2 nitrogen and oxygen atoms in total. The van der Waals surface area contributed by atoms with Crippen LogP contribution in [-0.2, 0) is 6.42 Å². The minimum Gasteiger partial charge on any atom is -0.368 e. The van der Waals surface area contributed by atoms with E-state index < -0.39 is 11.6 Å². The van der Waals surface area contributed by atoms with E-state index in [4.69, 9.17) is 5.73 Å². The van der Waals surface area contributed by atoms with Crippen molar-refractivity contribution in [3.05, 3.63) is 29.3 Å². The zero-order chi connectivity index (χ0) is 10.8. The molecule has 0 spiro atoms. The molecule has 0 bridgehead atoms. The van der Waals surface area contributed by atoms with Crippen molar-refractivity contribution in [2.24, 2.45) is 5.73 Å². The molecule has 15 heavy (non-hydrogen) atoms. The van der Waals surface area contributed by atoms with Crippen molar-refractivity contribution in [2.45, 2.75) is 12.8 Å². The van der Waals surface area contributed by atoms with E-state index in [1.54, 1.807) is 0 Å². The molecule has 1 heterocycles. The minimum atomic E-state index is -0.499. The highest BCUT2D eigenvalue weighted by molar-refractivity contribution is 5.56. The van der Waals surface area contributed by atoms with E-state index in [1.807, 2.05) is 4.90 Å². The molecule has 2 rings (SSSR count). The maximum absolute atomic E-state index is 13.6. The second kappa shape index (κ2) is 4.14. The van der Waals surface area contributed by atoms with Crippen molar-refractivity contribution in [1.82, 2.24) is 0 Å². The first-order valence-electron chi connectivity index (χ1n) is 5.15. The highest BCUT2D eigenvalue weighted by atomic mass is 19.1. The minimum absolute atomic E-state index is 0.474. The second-order valence-electron chi connectivity index (χ2n) is 3.77. The maximum Gasteiger partial charge on any atom is 0.149 e. The lowest BCUT2D eigenvalue weighted by Gasteiger charge is -2.31. The predicted octanol–water partition coefficient (Wildman–Crippen LogP) is 1.68. The third-order valence-electron chi connectivity index (χ3n) is 2.70. The number of nitrogens with zero attached hydrogens (tertiary/aromatic N) is 1. The number of nitrogens with two attached hydrogens (primary N) is 1. The third-order valence-corrected chi connectivity index (χ3v) is 2.70. The summed E-state index contributed by atoms with van der Waals surface area (Å²) in [6.45, 7) is 1.90. The maximum atomic E-state index is 13.6. The molecule has 2 N–H and O–H groups in total. The van der Waals surface area contributed by atoms with Crippen LogP contribution in [0.4, 0.5) is 14.5 Å². The van der Waals surface area contributed by atoms with E-state index >= 15 is 0 Å². The molecule has 0 saturated heterocycles. The lowest BCUT2D eigenvalue weighted by Crippen LogP contribution is -2.34. The molecule has 0 saturated carbocycles. The summed E-state index contributed by atoms with van der Waals surface area (Å²) in [6, 6.07) is 2.36. The van der Waals surface area contributed by atoms with Crippen LogP contribution in [0.15, 0.2) is 12.1 Å². The Morgan fingerprint density at radius 3 is 2.87 bits per heavy atom. The van der Waals surface area contributed by atoms with Gasteiger partial charge in [0, 0.05) is 25.7 Å². The van der Waals surface area contributed by atoms with Crippen LogP contribution in [0.2, 0.25) is 0 Å². The Labute approximate surface area is 87.7 Å². The van der Waals surface area contributed by atoms with Crippen molar-refractivity contribution in [3.8, 4) is 0 Å². The number of benzene rings is 1. The number of anilines is 1. The summed E-state index contributed by atoms with van der Waals surface area (Å²) in [6.07, 6.45) is 1.67. The van der Waals surface area contributed by atoms with Gasteiger partial charge >= 0.3 is 0 Å². The van der Waals surface area contributed by atoms with E-state index in [0.717, 1.165) is 31.0 Å². The van der Waals surface area contributed by atoms with Crippen molar-refractivity contribution < 1.29 is 8.78 Å². The largest absolute Gasteiger partial charge is 0.368 e. The van der Waals surface area contributed by atoms with Gasteiger partial charge in [-0.15, -0.1) is 0 Å². The molecule has 0 aromatic heterocycles. The molecule has 0 unspecified atom stereocenters. The highest BCUT2D eigenvalue weighted by Crippen LogP contribution is 2.30. The molecule has 0 aliphatic carbocycles. The SMILES string of the molecule is NCCN1CCCc2cc(F)cc(F)c21. The van der Waals surface area contributed by atoms with Crippen LogP contribution >= 0.6 is 0 Å². The van der Waals surface area contributed by atoms with Crippen molar-refractivity contribution in [2.75, 3.05) is 24.5 Å². The lowest BCUT2D eigenvalue weighted by molar-refractivity contribution is 0.563. The van der Waals surface area contributed by atoms with E-state index in [0.29, 0.717) is 18.8 Å². The number of hydrogen-bond donors (Lipinski definition) is 1. The standard InChI is InChI=1S/C11H14F2N2/c12-9-6-8-2-1-4-15(5-3-14)11(8)10(13)7-9/h6-7H,1-5,14H2. The van der Waals surface area contributed by atoms with Crippen LogP contribution in [0.5, 0.6) is 0 Å². The third kappa shape index (κ3) is 1.95. The fourth-order valence-corrected chi connectivity index (χ4v) is 2.12. The average Bonchev–Trinajstić information content (AvgIpc) is 2.17. The number of hydrogen-bond acceptors (Lipinski definition) is 2. The summed E-state index contributed by atoms with van der Waals surface area (Å²) >= 11 is 0. The quantitative estimate of drug-likeness (QED) is 0.808. The van der Waals surface area contributed by atoms with Gasteiger partial charge in [-0.3, -0.25) is 0 Å². The number of halogens is 2. The van der Waals surface area contributed by atoms with E-state index in [-0.39, 0.29) is 0 Å². The Kier molecular flexibility index (Phi) is 2.86. The van der Waals surface area contributed by atoms with Crippen LogP contribution in [0.3, 0.4) is 0 Å². The van der Waals surface area contributed by atoms with Gasteiger partial charge in [0.2, 0.25) is 0 Å². The average molecular weight is 212 g/mol. The van der Waals surface area contributed by atoms with Gasteiger partial charge in [0.05, 0.1) is 5.69 Å². The fraction of sp³-hybridized carbons (Fsp3) is 0.455. The first kappa shape index (κ1) is 10.4. The first-order chi connectivity index (χ1) is 7.22. The summed E-state index contributed by atoms with van der Waals surface area (Å²) in [5.74, 6) is -0.973. The van der Waals surface area contributed by atoms with Crippen LogP contribution in [0.25, 0.3) is 0 Å². The Balaban J connectivity index is 2.41. The van der Waals surface area contributed by atoms with Gasteiger partial charge < -0.3 is 10.6 Å². The molecule has 1 aromatic carbocycles. The van der Waals surface area contributed by atoms with Crippen molar-refractivity contribution >= 4 is 5.69 Å².